The molecular weight excluding hydrogens is 336 g/mol. The molecule has 0 aromatic heterocycles. The summed E-state index contributed by atoms with van der Waals surface area (Å²) in [5.41, 5.74) is 2.72. The van der Waals surface area contributed by atoms with E-state index in [4.69, 9.17) is 16.7 Å². The number of carbonyl (C=O) groups is 1. The highest BCUT2D eigenvalue weighted by Gasteiger charge is 2.17. The normalized spacial score (nSPS) is 16.0. The molecule has 0 bridgehead atoms. The highest BCUT2D eigenvalue weighted by molar-refractivity contribution is 6.31. The van der Waals surface area contributed by atoms with Gasteiger partial charge in [-0.1, -0.05) is 41.9 Å². The first kappa shape index (κ1) is 17.9. The number of rotatable bonds is 6. The van der Waals surface area contributed by atoms with Gasteiger partial charge >= 0.3 is 5.97 Å². The lowest BCUT2D eigenvalue weighted by Crippen LogP contribution is -2.46. The number of piperazine rings is 1. The molecule has 1 aliphatic rings. The van der Waals surface area contributed by atoms with E-state index in [2.05, 4.69) is 15.9 Å². The summed E-state index contributed by atoms with van der Waals surface area (Å²) in [4.78, 5) is 15.8. The van der Waals surface area contributed by atoms with Gasteiger partial charge in [-0.2, -0.15) is 0 Å². The van der Waals surface area contributed by atoms with Crippen LogP contribution in [0.1, 0.15) is 21.5 Å². The molecule has 1 N–H and O–H groups in total. The maximum atomic E-state index is 10.9. The summed E-state index contributed by atoms with van der Waals surface area (Å²) in [5, 5.41) is 9.78. The lowest BCUT2D eigenvalue weighted by atomic mass is 10.1. The smallest absolute Gasteiger partial charge is 0.335 e. The van der Waals surface area contributed by atoms with Gasteiger partial charge in [-0.25, -0.2) is 4.79 Å². The van der Waals surface area contributed by atoms with Crippen molar-refractivity contribution in [3.8, 4) is 0 Å². The topological polar surface area (TPSA) is 43.8 Å². The number of hydrogen-bond donors (Lipinski definition) is 1. The fraction of sp³-hybridized carbons (Fsp3) is 0.350. The summed E-state index contributed by atoms with van der Waals surface area (Å²) in [6.07, 6.45) is 0.949. The molecule has 3 rings (SSSR count). The Labute approximate surface area is 153 Å². The maximum absolute atomic E-state index is 10.9. The van der Waals surface area contributed by atoms with Gasteiger partial charge in [-0.15, -0.1) is 0 Å². The van der Waals surface area contributed by atoms with Crippen LogP contribution in [0.4, 0.5) is 0 Å². The summed E-state index contributed by atoms with van der Waals surface area (Å²) in [5.74, 6) is -0.874. The summed E-state index contributed by atoms with van der Waals surface area (Å²) in [6, 6.07) is 15.2. The van der Waals surface area contributed by atoms with Crippen LogP contribution in [0.2, 0.25) is 5.02 Å². The van der Waals surface area contributed by atoms with Crippen LogP contribution in [0.15, 0.2) is 48.5 Å². The van der Waals surface area contributed by atoms with Crippen molar-refractivity contribution in [2.75, 3.05) is 32.7 Å². The van der Waals surface area contributed by atoms with Crippen LogP contribution in [0.25, 0.3) is 0 Å². The van der Waals surface area contributed by atoms with Crippen LogP contribution in [0.3, 0.4) is 0 Å². The Kier molecular flexibility index (Phi) is 6.08. The van der Waals surface area contributed by atoms with Gasteiger partial charge in [0.25, 0.3) is 0 Å². The molecule has 2 aromatic carbocycles. The molecule has 25 heavy (non-hydrogen) atoms. The summed E-state index contributed by atoms with van der Waals surface area (Å²) >= 11 is 6.25. The molecule has 0 amide bonds. The lowest BCUT2D eigenvalue weighted by Gasteiger charge is -2.34. The Hall–Kier alpha value is -1.88. The minimum absolute atomic E-state index is 0.344. The van der Waals surface area contributed by atoms with E-state index in [1.807, 2.05) is 30.3 Å². The van der Waals surface area contributed by atoms with E-state index in [0.29, 0.717) is 5.56 Å². The van der Waals surface area contributed by atoms with Gasteiger partial charge in [0.05, 0.1) is 5.56 Å². The zero-order valence-electron chi connectivity index (χ0n) is 14.2. The van der Waals surface area contributed by atoms with E-state index >= 15 is 0 Å². The first-order valence-electron chi connectivity index (χ1n) is 8.62. The molecule has 0 atom stereocenters. The number of halogens is 1. The van der Waals surface area contributed by atoms with Crippen molar-refractivity contribution in [3.05, 3.63) is 70.2 Å². The Morgan fingerprint density at radius 2 is 1.60 bits per heavy atom. The first-order chi connectivity index (χ1) is 12.1. The molecule has 0 spiro atoms. The lowest BCUT2D eigenvalue weighted by molar-refractivity contribution is 0.0697. The number of carboxylic acids is 1. The Morgan fingerprint density at radius 3 is 2.24 bits per heavy atom. The largest absolute Gasteiger partial charge is 0.478 e. The van der Waals surface area contributed by atoms with Crippen molar-refractivity contribution < 1.29 is 9.90 Å². The zero-order chi connectivity index (χ0) is 17.6. The van der Waals surface area contributed by atoms with Crippen LogP contribution < -0.4 is 0 Å². The van der Waals surface area contributed by atoms with Crippen LogP contribution in [-0.2, 0) is 13.0 Å². The number of aromatic carboxylic acids is 1. The minimum Gasteiger partial charge on any atom is -0.478 e. The second-order valence-corrected chi connectivity index (χ2v) is 6.87. The fourth-order valence-electron chi connectivity index (χ4n) is 3.14. The van der Waals surface area contributed by atoms with Crippen molar-refractivity contribution in [1.82, 2.24) is 9.80 Å². The van der Waals surface area contributed by atoms with Gasteiger partial charge in [0.15, 0.2) is 0 Å². The molecule has 0 unspecified atom stereocenters. The minimum atomic E-state index is -0.874. The molecule has 2 aromatic rings. The van der Waals surface area contributed by atoms with Crippen LogP contribution in [-0.4, -0.2) is 53.6 Å². The molecule has 1 heterocycles. The highest BCUT2D eigenvalue weighted by atomic mass is 35.5. The maximum Gasteiger partial charge on any atom is 0.335 e. The summed E-state index contributed by atoms with van der Waals surface area (Å²) < 4.78 is 0. The zero-order valence-corrected chi connectivity index (χ0v) is 15.0. The van der Waals surface area contributed by atoms with Gasteiger partial charge in [-0.3, -0.25) is 4.90 Å². The third-order valence-electron chi connectivity index (χ3n) is 4.73. The van der Waals surface area contributed by atoms with Crippen LogP contribution in [0, 0.1) is 0 Å². The molecule has 132 valence electrons. The molecule has 0 radical (unpaired) electrons. The van der Waals surface area contributed by atoms with E-state index in [-0.39, 0.29) is 0 Å². The predicted octanol–water partition coefficient (Wildman–Crippen LogP) is 3.40. The van der Waals surface area contributed by atoms with Gasteiger partial charge in [-0.05, 0) is 35.7 Å². The monoisotopic (exact) mass is 358 g/mol. The standard InChI is InChI=1S/C20H23ClN2O2/c21-19-4-2-1-3-18(19)15-23-13-11-22(12-14-23)10-9-16-5-7-17(8-6-16)20(24)25/h1-8H,9-15H2,(H,24,25). The van der Waals surface area contributed by atoms with Crippen LogP contribution in [0.5, 0.6) is 0 Å². The Balaban J connectivity index is 1.43. The van der Waals surface area contributed by atoms with E-state index in [0.717, 1.165) is 50.7 Å². The SMILES string of the molecule is O=C(O)c1ccc(CCN2CCN(Cc3ccccc3Cl)CC2)cc1. The molecule has 1 aliphatic heterocycles. The third kappa shape index (κ3) is 5.05. The Morgan fingerprint density at radius 1 is 0.960 bits per heavy atom. The molecule has 4 nitrogen and oxygen atoms in total. The summed E-state index contributed by atoms with van der Waals surface area (Å²) in [6.45, 7) is 6.11. The van der Waals surface area contributed by atoms with Crippen molar-refractivity contribution >= 4 is 17.6 Å². The quantitative estimate of drug-likeness (QED) is 0.859. The summed E-state index contributed by atoms with van der Waals surface area (Å²) in [7, 11) is 0. The predicted molar refractivity (Wildman–Crippen MR) is 100 cm³/mol. The average molecular weight is 359 g/mol. The van der Waals surface area contributed by atoms with Gasteiger partial charge in [0.2, 0.25) is 0 Å². The van der Waals surface area contributed by atoms with Gasteiger partial charge < -0.3 is 10.0 Å². The van der Waals surface area contributed by atoms with Crippen molar-refractivity contribution in [2.45, 2.75) is 13.0 Å². The molecule has 5 heteroatoms. The van der Waals surface area contributed by atoms with Gasteiger partial charge in [0, 0.05) is 44.3 Å². The highest BCUT2D eigenvalue weighted by Crippen LogP contribution is 2.18. The van der Waals surface area contributed by atoms with Crippen LogP contribution >= 0.6 is 11.6 Å². The molecular formula is C20H23ClN2O2. The average Bonchev–Trinajstić information content (AvgIpc) is 2.63. The second-order valence-electron chi connectivity index (χ2n) is 6.46. The number of nitrogens with zero attached hydrogens (tertiary/aromatic N) is 2. The molecule has 1 saturated heterocycles. The number of carboxylic acid groups (broad SMARTS) is 1. The van der Waals surface area contributed by atoms with Crippen molar-refractivity contribution in [1.29, 1.82) is 0 Å². The Bertz CT molecular complexity index is 710. The first-order valence-corrected chi connectivity index (χ1v) is 9.00. The van der Waals surface area contributed by atoms with E-state index in [1.54, 1.807) is 12.1 Å². The fourth-order valence-corrected chi connectivity index (χ4v) is 3.34. The second kappa shape index (κ2) is 8.48. The molecule has 1 fully saturated rings. The van der Waals surface area contributed by atoms with Crippen molar-refractivity contribution in [3.63, 3.8) is 0 Å². The van der Waals surface area contributed by atoms with E-state index in [1.165, 1.54) is 11.1 Å². The van der Waals surface area contributed by atoms with Crippen molar-refractivity contribution in [2.24, 2.45) is 0 Å². The van der Waals surface area contributed by atoms with E-state index in [9.17, 15) is 4.79 Å². The molecule has 0 saturated carbocycles. The van der Waals surface area contributed by atoms with E-state index < -0.39 is 5.97 Å². The third-order valence-corrected chi connectivity index (χ3v) is 5.10. The molecule has 0 aliphatic carbocycles. The van der Waals surface area contributed by atoms with Gasteiger partial charge in [0.1, 0.15) is 0 Å². The number of benzene rings is 2. The number of hydrogen-bond acceptors (Lipinski definition) is 3.